The molecular weight excluding hydrogens is 490 g/mol. The summed E-state index contributed by atoms with van der Waals surface area (Å²) in [6.45, 7) is 3.16. The Balaban J connectivity index is 1.84. The van der Waals surface area contributed by atoms with Crippen molar-refractivity contribution in [3.8, 4) is 11.4 Å². The third kappa shape index (κ3) is 5.05. The van der Waals surface area contributed by atoms with Gasteiger partial charge in [0.2, 0.25) is 25.9 Å². The highest BCUT2D eigenvalue weighted by atomic mass is 32.2. The van der Waals surface area contributed by atoms with E-state index in [-0.39, 0.29) is 24.0 Å². The Hall–Kier alpha value is -2.25. The number of hydrogen-bond donors (Lipinski definition) is 5. The van der Waals surface area contributed by atoms with E-state index in [9.17, 15) is 21.9 Å². The number of tetrazole rings is 1. The number of rotatable bonds is 8. The van der Waals surface area contributed by atoms with Crippen molar-refractivity contribution in [2.75, 3.05) is 57.4 Å². The molecule has 7 N–H and O–H groups in total. The standard InChI is InChI=1S/C17H27N9O6S2/c18-7-12(27)8-20-34(30,31)14-2-1-13(26-4-3-25-5-6-32-10-11(25)9-26)15(16(14)33(19,28)29)17-21-23-24-22-17/h1-2,11-12,20,27H,3-10,18H2,(H2,19,28,29)(H,21,22,23,24)/t11?,12-/m1/s1. The second kappa shape index (κ2) is 9.78. The van der Waals surface area contributed by atoms with Crippen molar-refractivity contribution in [2.24, 2.45) is 10.9 Å². The molecule has 0 radical (unpaired) electrons. The van der Waals surface area contributed by atoms with E-state index in [2.05, 4.69) is 30.2 Å². The van der Waals surface area contributed by atoms with Gasteiger partial charge in [0, 0.05) is 45.0 Å². The van der Waals surface area contributed by atoms with Crippen LogP contribution in [-0.4, -0.2) is 112 Å². The van der Waals surface area contributed by atoms with Gasteiger partial charge in [0.15, 0.2) is 0 Å². The van der Waals surface area contributed by atoms with Crippen molar-refractivity contribution in [1.82, 2.24) is 30.2 Å². The first-order valence-electron chi connectivity index (χ1n) is 10.5. The molecule has 2 aliphatic heterocycles. The number of nitrogens with one attached hydrogen (secondary N) is 2. The monoisotopic (exact) mass is 517 g/mol. The number of hydrogen-bond acceptors (Lipinski definition) is 12. The van der Waals surface area contributed by atoms with Gasteiger partial charge in [0.05, 0.1) is 30.9 Å². The van der Waals surface area contributed by atoms with Crippen LogP contribution in [0.3, 0.4) is 0 Å². The van der Waals surface area contributed by atoms with Crippen LogP contribution in [0.5, 0.6) is 0 Å². The van der Waals surface area contributed by atoms with Gasteiger partial charge in [-0.15, -0.1) is 10.2 Å². The third-order valence-corrected chi connectivity index (χ3v) is 8.39. The van der Waals surface area contributed by atoms with E-state index in [1.165, 1.54) is 12.1 Å². The molecule has 0 amide bonds. The molecule has 34 heavy (non-hydrogen) atoms. The molecule has 0 aliphatic carbocycles. The Kier molecular flexibility index (Phi) is 7.15. The second-order valence-corrected chi connectivity index (χ2v) is 11.3. The van der Waals surface area contributed by atoms with Gasteiger partial charge in [0.1, 0.15) is 9.79 Å². The summed E-state index contributed by atoms with van der Waals surface area (Å²) in [5.74, 6) is -0.125. The molecule has 2 saturated heterocycles. The van der Waals surface area contributed by atoms with Crippen LogP contribution in [0.15, 0.2) is 21.9 Å². The second-order valence-electron chi connectivity index (χ2n) is 8.02. The highest BCUT2D eigenvalue weighted by Crippen LogP contribution is 2.39. The number of anilines is 1. The number of aromatic nitrogens is 4. The summed E-state index contributed by atoms with van der Waals surface area (Å²) >= 11 is 0. The maximum Gasteiger partial charge on any atom is 0.242 e. The fraction of sp³-hybridized carbons (Fsp3) is 0.588. The molecular formula is C17H27N9O6S2. The minimum atomic E-state index is -4.59. The van der Waals surface area contributed by atoms with Crippen molar-refractivity contribution in [3.05, 3.63) is 12.1 Å². The minimum absolute atomic E-state index is 0.0799. The van der Waals surface area contributed by atoms with Crippen LogP contribution in [-0.2, 0) is 24.8 Å². The summed E-state index contributed by atoms with van der Waals surface area (Å²) in [5.41, 5.74) is 5.65. The zero-order chi connectivity index (χ0) is 24.5. The molecule has 3 heterocycles. The highest BCUT2D eigenvalue weighted by molar-refractivity contribution is 7.92. The number of morpholine rings is 1. The van der Waals surface area contributed by atoms with Crippen LogP contribution in [0.2, 0.25) is 0 Å². The van der Waals surface area contributed by atoms with Crippen molar-refractivity contribution >= 4 is 25.7 Å². The van der Waals surface area contributed by atoms with Crippen molar-refractivity contribution in [1.29, 1.82) is 0 Å². The Bertz CT molecular complexity index is 1220. The zero-order valence-electron chi connectivity index (χ0n) is 18.2. The summed E-state index contributed by atoms with van der Waals surface area (Å²) in [6.07, 6.45) is -1.15. The summed E-state index contributed by atoms with van der Waals surface area (Å²) in [4.78, 5) is 2.96. The third-order valence-electron chi connectivity index (χ3n) is 5.80. The number of aliphatic hydroxyl groups is 1. The molecule has 15 nitrogen and oxygen atoms in total. The summed E-state index contributed by atoms with van der Waals surface area (Å²) in [7, 11) is -9.01. The van der Waals surface area contributed by atoms with Gasteiger partial charge in [-0.1, -0.05) is 0 Å². The van der Waals surface area contributed by atoms with E-state index >= 15 is 0 Å². The first kappa shape index (κ1) is 24.9. The van der Waals surface area contributed by atoms with Crippen molar-refractivity contribution < 1.29 is 26.7 Å². The van der Waals surface area contributed by atoms with Crippen LogP contribution < -0.4 is 20.5 Å². The molecule has 2 aliphatic rings. The molecule has 188 valence electrons. The Morgan fingerprint density at radius 1 is 1.26 bits per heavy atom. The first-order valence-corrected chi connectivity index (χ1v) is 13.5. The smallest absolute Gasteiger partial charge is 0.242 e. The van der Waals surface area contributed by atoms with Crippen LogP contribution in [0.25, 0.3) is 11.4 Å². The van der Waals surface area contributed by atoms with Gasteiger partial charge in [-0.05, 0) is 17.3 Å². The van der Waals surface area contributed by atoms with Gasteiger partial charge < -0.3 is 20.5 Å². The number of ether oxygens (including phenoxy) is 1. The molecule has 2 fully saturated rings. The molecule has 17 heteroatoms. The summed E-state index contributed by atoms with van der Waals surface area (Å²) < 4.78 is 59.3. The number of nitrogens with zero attached hydrogens (tertiary/aromatic N) is 5. The lowest BCUT2D eigenvalue weighted by molar-refractivity contribution is -0.0116. The Labute approximate surface area is 196 Å². The van der Waals surface area contributed by atoms with E-state index < -0.39 is 42.5 Å². The van der Waals surface area contributed by atoms with Gasteiger partial charge in [-0.3, -0.25) is 4.90 Å². The predicted molar refractivity (Wildman–Crippen MR) is 120 cm³/mol. The number of benzene rings is 1. The van der Waals surface area contributed by atoms with Crippen LogP contribution in [0.1, 0.15) is 0 Å². The highest BCUT2D eigenvalue weighted by Gasteiger charge is 2.36. The molecule has 2 aromatic rings. The van der Waals surface area contributed by atoms with E-state index in [4.69, 9.17) is 15.6 Å². The number of H-pyrrole nitrogens is 1. The largest absolute Gasteiger partial charge is 0.390 e. The predicted octanol–water partition coefficient (Wildman–Crippen LogP) is -3.37. The maximum absolute atomic E-state index is 13.0. The van der Waals surface area contributed by atoms with E-state index in [1.807, 2.05) is 4.90 Å². The topological polar surface area (TPSA) is 223 Å². The number of primary sulfonamides is 1. The fourth-order valence-corrected chi connectivity index (χ4v) is 6.79. The number of fused-ring (bicyclic) bond motifs is 1. The van der Waals surface area contributed by atoms with Crippen molar-refractivity contribution in [2.45, 2.75) is 21.9 Å². The van der Waals surface area contributed by atoms with Crippen LogP contribution in [0.4, 0.5) is 5.69 Å². The lowest BCUT2D eigenvalue weighted by Crippen LogP contribution is -2.58. The number of aromatic amines is 1. The van der Waals surface area contributed by atoms with E-state index in [0.29, 0.717) is 38.5 Å². The molecule has 1 aromatic heterocycles. The quantitative estimate of drug-likeness (QED) is 0.231. The summed E-state index contributed by atoms with van der Waals surface area (Å²) in [5, 5.41) is 28.8. The molecule has 2 atom stereocenters. The van der Waals surface area contributed by atoms with Gasteiger partial charge in [0.25, 0.3) is 0 Å². The van der Waals surface area contributed by atoms with Gasteiger partial charge >= 0.3 is 0 Å². The average Bonchev–Trinajstić information content (AvgIpc) is 3.35. The summed E-state index contributed by atoms with van der Waals surface area (Å²) in [6, 6.07) is 2.74. The lowest BCUT2D eigenvalue weighted by atomic mass is 10.1. The van der Waals surface area contributed by atoms with E-state index in [0.717, 1.165) is 6.54 Å². The van der Waals surface area contributed by atoms with Crippen LogP contribution in [0, 0.1) is 0 Å². The van der Waals surface area contributed by atoms with Crippen LogP contribution >= 0.6 is 0 Å². The minimum Gasteiger partial charge on any atom is -0.390 e. The molecule has 0 saturated carbocycles. The fourth-order valence-electron chi connectivity index (χ4n) is 4.13. The first-order chi connectivity index (χ1) is 16.1. The van der Waals surface area contributed by atoms with Gasteiger partial charge in [-0.2, -0.15) is 5.21 Å². The SMILES string of the molecule is NC[C@@H](O)CNS(=O)(=O)c1ccc(N2CCN3CCOCC3C2)c(-c2nn[nH]n2)c1S(N)(=O)=O. The maximum atomic E-state index is 13.0. The number of sulfonamides is 2. The molecule has 0 bridgehead atoms. The Morgan fingerprint density at radius 3 is 2.74 bits per heavy atom. The molecule has 4 rings (SSSR count). The normalized spacial score (nSPS) is 20.8. The lowest BCUT2D eigenvalue weighted by Gasteiger charge is -2.45. The number of piperazine rings is 1. The zero-order valence-corrected chi connectivity index (χ0v) is 19.8. The average molecular weight is 518 g/mol. The number of nitrogens with two attached hydrogens (primary N) is 2. The Morgan fingerprint density at radius 2 is 2.06 bits per heavy atom. The number of aliphatic hydroxyl groups excluding tert-OH is 1. The molecule has 0 spiro atoms. The molecule has 1 aromatic carbocycles. The molecule has 1 unspecified atom stereocenters. The van der Waals surface area contributed by atoms with Gasteiger partial charge in [-0.25, -0.2) is 26.7 Å². The van der Waals surface area contributed by atoms with Crippen molar-refractivity contribution in [3.63, 3.8) is 0 Å². The van der Waals surface area contributed by atoms with E-state index in [1.54, 1.807) is 0 Å².